The Kier molecular flexibility index (Phi) is 5.84. The van der Waals surface area contributed by atoms with E-state index in [9.17, 15) is 14.9 Å². The molecular weight excluding hydrogens is 322 g/mol. The number of hydrogen-bond donors (Lipinski definition) is 1. The number of nitro benzene ring substituents is 1. The topological polar surface area (TPSA) is 93.8 Å². The molecule has 0 fully saturated rings. The van der Waals surface area contributed by atoms with Crippen molar-refractivity contribution in [2.75, 3.05) is 7.11 Å². The number of hydrogen-bond acceptors (Lipinski definition) is 5. The van der Waals surface area contributed by atoms with Crippen LogP contribution in [0.3, 0.4) is 0 Å². The fourth-order valence-electron chi connectivity index (χ4n) is 2.32. The van der Waals surface area contributed by atoms with Gasteiger partial charge in [0, 0.05) is 17.2 Å². The number of methoxy groups -OCH3 is 1. The van der Waals surface area contributed by atoms with E-state index in [1.165, 1.54) is 18.2 Å². The Morgan fingerprint density at radius 3 is 2.36 bits per heavy atom. The maximum absolute atomic E-state index is 12.2. The summed E-state index contributed by atoms with van der Waals surface area (Å²) in [5, 5.41) is 15.0. The van der Waals surface area contributed by atoms with Crippen LogP contribution in [0.25, 0.3) is 0 Å². The molecule has 0 aromatic heterocycles. The first-order valence-electron chi connectivity index (χ1n) is 7.72. The first-order valence-corrected chi connectivity index (χ1v) is 7.72. The fourth-order valence-corrected chi connectivity index (χ4v) is 2.32. The molecule has 0 spiro atoms. The number of nitro groups is 1. The Hall–Kier alpha value is -3.22. The number of carbonyl (C=O) groups is 1. The van der Waals surface area contributed by atoms with Crippen molar-refractivity contribution >= 4 is 17.3 Å². The first kappa shape index (κ1) is 18.1. The Labute approximate surface area is 145 Å². The molecule has 0 aliphatic carbocycles. The predicted molar refractivity (Wildman–Crippen MR) is 95.1 cm³/mol. The molecule has 0 heterocycles. The monoisotopic (exact) mass is 341 g/mol. The summed E-state index contributed by atoms with van der Waals surface area (Å²) < 4.78 is 5.12. The lowest BCUT2D eigenvalue weighted by Gasteiger charge is -2.07. The molecule has 1 N–H and O–H groups in total. The highest BCUT2D eigenvalue weighted by Gasteiger charge is 2.13. The standard InChI is InChI=1S/C18H19N3O4/c1-4-16(13-5-8-15(25-3)9-6-13)19-20-18(22)14-7-10-17(21(23)24)12(2)11-14/h5-11H,4H2,1-3H3,(H,20,22). The number of nitrogens with one attached hydrogen (secondary N) is 1. The molecule has 2 aromatic rings. The van der Waals surface area contributed by atoms with Crippen LogP contribution < -0.4 is 10.2 Å². The smallest absolute Gasteiger partial charge is 0.272 e. The van der Waals surface area contributed by atoms with E-state index in [0.717, 1.165) is 17.0 Å². The van der Waals surface area contributed by atoms with Crippen molar-refractivity contribution in [1.29, 1.82) is 0 Å². The molecule has 2 rings (SSSR count). The van der Waals surface area contributed by atoms with E-state index < -0.39 is 10.8 Å². The minimum absolute atomic E-state index is 0.0208. The SMILES string of the molecule is CCC(=NNC(=O)c1ccc([N+](=O)[O-])c(C)c1)c1ccc(OC)cc1. The third-order valence-corrected chi connectivity index (χ3v) is 3.71. The van der Waals surface area contributed by atoms with Gasteiger partial charge >= 0.3 is 0 Å². The van der Waals surface area contributed by atoms with Gasteiger partial charge in [0.25, 0.3) is 11.6 Å². The van der Waals surface area contributed by atoms with E-state index in [0.29, 0.717) is 17.5 Å². The van der Waals surface area contributed by atoms with E-state index in [4.69, 9.17) is 4.74 Å². The van der Waals surface area contributed by atoms with Crippen LogP contribution in [0.2, 0.25) is 0 Å². The molecule has 0 radical (unpaired) electrons. The minimum atomic E-state index is -0.478. The van der Waals surface area contributed by atoms with E-state index in [1.807, 2.05) is 31.2 Å². The van der Waals surface area contributed by atoms with Gasteiger partial charge in [0.1, 0.15) is 5.75 Å². The number of ether oxygens (including phenoxy) is 1. The second-order valence-electron chi connectivity index (χ2n) is 5.34. The second kappa shape index (κ2) is 8.05. The molecule has 0 aliphatic heterocycles. The summed E-state index contributed by atoms with van der Waals surface area (Å²) in [6.07, 6.45) is 0.631. The van der Waals surface area contributed by atoms with E-state index in [2.05, 4.69) is 10.5 Å². The summed E-state index contributed by atoms with van der Waals surface area (Å²) in [5.74, 6) is 0.321. The van der Waals surface area contributed by atoms with E-state index in [-0.39, 0.29) is 5.69 Å². The number of amides is 1. The molecule has 0 bridgehead atoms. The Morgan fingerprint density at radius 1 is 1.20 bits per heavy atom. The summed E-state index contributed by atoms with van der Waals surface area (Å²) in [4.78, 5) is 22.6. The number of nitrogens with zero attached hydrogens (tertiary/aromatic N) is 2. The second-order valence-corrected chi connectivity index (χ2v) is 5.34. The van der Waals surface area contributed by atoms with Crippen LogP contribution >= 0.6 is 0 Å². The van der Waals surface area contributed by atoms with Gasteiger partial charge in [-0.15, -0.1) is 0 Å². The summed E-state index contributed by atoms with van der Waals surface area (Å²) in [7, 11) is 1.59. The molecule has 7 nitrogen and oxygen atoms in total. The summed E-state index contributed by atoms with van der Waals surface area (Å²) in [5.41, 5.74) is 4.82. The number of hydrazone groups is 1. The number of aryl methyl sites for hydroxylation is 1. The highest BCUT2D eigenvalue weighted by atomic mass is 16.6. The zero-order chi connectivity index (χ0) is 18.4. The Morgan fingerprint density at radius 2 is 1.84 bits per heavy atom. The third-order valence-electron chi connectivity index (χ3n) is 3.71. The maximum Gasteiger partial charge on any atom is 0.272 e. The van der Waals surface area contributed by atoms with Gasteiger partial charge < -0.3 is 4.74 Å². The van der Waals surface area contributed by atoms with Crippen LogP contribution in [-0.2, 0) is 0 Å². The van der Waals surface area contributed by atoms with Crippen molar-refractivity contribution in [3.05, 3.63) is 69.3 Å². The lowest BCUT2D eigenvalue weighted by Crippen LogP contribution is -2.20. The number of carbonyl (C=O) groups excluding carboxylic acids is 1. The molecule has 0 saturated carbocycles. The van der Waals surface area contributed by atoms with Crippen LogP contribution in [-0.4, -0.2) is 23.7 Å². The van der Waals surface area contributed by atoms with Crippen LogP contribution in [0.1, 0.15) is 34.8 Å². The van der Waals surface area contributed by atoms with Crippen LogP contribution in [0.5, 0.6) is 5.75 Å². The first-order chi connectivity index (χ1) is 12.0. The highest BCUT2D eigenvalue weighted by Crippen LogP contribution is 2.19. The lowest BCUT2D eigenvalue weighted by molar-refractivity contribution is -0.385. The molecule has 0 aliphatic rings. The predicted octanol–water partition coefficient (Wildman–Crippen LogP) is 3.46. The van der Waals surface area contributed by atoms with Gasteiger partial charge in [-0.25, -0.2) is 5.43 Å². The van der Waals surface area contributed by atoms with Crippen LogP contribution in [0.15, 0.2) is 47.6 Å². The van der Waals surface area contributed by atoms with Gasteiger partial charge in [-0.3, -0.25) is 14.9 Å². The summed E-state index contributed by atoms with van der Waals surface area (Å²) in [6.45, 7) is 3.53. The average Bonchev–Trinajstić information content (AvgIpc) is 2.62. The molecule has 2 aromatic carbocycles. The Bertz CT molecular complexity index is 814. The highest BCUT2D eigenvalue weighted by molar-refractivity contribution is 6.02. The van der Waals surface area contributed by atoms with Gasteiger partial charge in [-0.2, -0.15) is 5.10 Å². The molecular formula is C18H19N3O4. The fraction of sp³-hybridized carbons (Fsp3) is 0.222. The zero-order valence-electron chi connectivity index (χ0n) is 14.3. The average molecular weight is 341 g/mol. The molecule has 25 heavy (non-hydrogen) atoms. The van der Waals surface area contributed by atoms with Crippen molar-refractivity contribution in [2.24, 2.45) is 5.10 Å². The van der Waals surface area contributed by atoms with Crippen LogP contribution in [0.4, 0.5) is 5.69 Å². The Balaban J connectivity index is 2.16. The minimum Gasteiger partial charge on any atom is -0.497 e. The maximum atomic E-state index is 12.2. The summed E-state index contributed by atoms with van der Waals surface area (Å²) in [6, 6.07) is 11.6. The quantitative estimate of drug-likeness (QED) is 0.494. The molecule has 0 unspecified atom stereocenters. The molecule has 0 atom stereocenters. The molecule has 1 amide bonds. The van der Waals surface area contributed by atoms with E-state index in [1.54, 1.807) is 14.0 Å². The van der Waals surface area contributed by atoms with Gasteiger partial charge in [0.05, 0.1) is 17.7 Å². The van der Waals surface area contributed by atoms with Gasteiger partial charge in [0.15, 0.2) is 0 Å². The van der Waals surface area contributed by atoms with E-state index >= 15 is 0 Å². The molecule has 130 valence electrons. The van der Waals surface area contributed by atoms with Gasteiger partial charge in [-0.05, 0) is 55.3 Å². The lowest BCUT2D eigenvalue weighted by atomic mass is 10.1. The van der Waals surface area contributed by atoms with Crippen molar-refractivity contribution in [3.63, 3.8) is 0 Å². The van der Waals surface area contributed by atoms with Crippen molar-refractivity contribution in [3.8, 4) is 5.75 Å². The van der Waals surface area contributed by atoms with Crippen molar-refractivity contribution in [2.45, 2.75) is 20.3 Å². The molecule has 0 saturated heterocycles. The zero-order valence-corrected chi connectivity index (χ0v) is 14.3. The number of benzene rings is 2. The largest absolute Gasteiger partial charge is 0.497 e. The summed E-state index contributed by atoms with van der Waals surface area (Å²) >= 11 is 0. The molecule has 7 heteroatoms. The van der Waals surface area contributed by atoms with Crippen molar-refractivity contribution < 1.29 is 14.5 Å². The van der Waals surface area contributed by atoms with Gasteiger partial charge in [-0.1, -0.05) is 6.92 Å². The number of rotatable bonds is 6. The third kappa shape index (κ3) is 4.41. The van der Waals surface area contributed by atoms with Gasteiger partial charge in [0.2, 0.25) is 0 Å². The van der Waals surface area contributed by atoms with Crippen molar-refractivity contribution in [1.82, 2.24) is 5.43 Å². The van der Waals surface area contributed by atoms with Crippen LogP contribution in [0, 0.1) is 17.0 Å². The normalized spacial score (nSPS) is 11.1.